The number of morpholine rings is 1. The Morgan fingerprint density at radius 3 is 2.83 bits per heavy atom. The number of nitrogens with zero attached hydrogens (tertiary/aromatic N) is 1. The van der Waals surface area contributed by atoms with E-state index in [9.17, 15) is 4.79 Å². The van der Waals surface area contributed by atoms with Crippen LogP contribution in [0.4, 0.5) is 0 Å². The van der Waals surface area contributed by atoms with Gasteiger partial charge in [0, 0.05) is 38.7 Å². The normalized spacial score (nSPS) is 29.3. The zero-order chi connectivity index (χ0) is 12.8. The van der Waals surface area contributed by atoms with Gasteiger partial charge in [-0.3, -0.25) is 4.79 Å². The first kappa shape index (κ1) is 13.8. The SMILES string of the molecule is CC1CC(NCCC(=O)N2CCOCC2)CCO1. The van der Waals surface area contributed by atoms with Crippen LogP contribution in [0.3, 0.4) is 0 Å². The lowest BCUT2D eigenvalue weighted by molar-refractivity contribution is -0.135. The van der Waals surface area contributed by atoms with Crippen molar-refractivity contribution in [3.05, 3.63) is 0 Å². The van der Waals surface area contributed by atoms with Crippen LogP contribution in [0.1, 0.15) is 26.2 Å². The van der Waals surface area contributed by atoms with Crippen molar-refractivity contribution in [2.45, 2.75) is 38.3 Å². The van der Waals surface area contributed by atoms with Crippen molar-refractivity contribution >= 4 is 5.91 Å². The Hall–Kier alpha value is -0.650. The number of amides is 1. The van der Waals surface area contributed by atoms with Crippen molar-refractivity contribution < 1.29 is 14.3 Å². The summed E-state index contributed by atoms with van der Waals surface area (Å²) >= 11 is 0. The summed E-state index contributed by atoms with van der Waals surface area (Å²) in [6.07, 6.45) is 3.03. The maximum Gasteiger partial charge on any atom is 0.224 e. The molecule has 2 heterocycles. The van der Waals surface area contributed by atoms with Crippen LogP contribution < -0.4 is 5.32 Å². The van der Waals surface area contributed by atoms with E-state index in [4.69, 9.17) is 9.47 Å². The van der Waals surface area contributed by atoms with Gasteiger partial charge in [-0.05, 0) is 19.8 Å². The number of rotatable bonds is 4. The van der Waals surface area contributed by atoms with Crippen molar-refractivity contribution in [1.29, 1.82) is 0 Å². The molecular weight excluding hydrogens is 232 g/mol. The summed E-state index contributed by atoms with van der Waals surface area (Å²) in [7, 11) is 0. The van der Waals surface area contributed by atoms with Crippen LogP contribution in [0, 0.1) is 0 Å². The highest BCUT2D eigenvalue weighted by molar-refractivity contribution is 5.76. The molecule has 18 heavy (non-hydrogen) atoms. The standard InChI is InChI=1S/C13H24N2O3/c1-11-10-12(3-7-18-11)14-4-2-13(16)15-5-8-17-9-6-15/h11-12,14H,2-10H2,1H3. The first-order valence-corrected chi connectivity index (χ1v) is 6.96. The van der Waals surface area contributed by atoms with Gasteiger partial charge in [0.2, 0.25) is 5.91 Å². The molecule has 0 aromatic carbocycles. The summed E-state index contributed by atoms with van der Waals surface area (Å²) in [5.41, 5.74) is 0. The Balaban J connectivity index is 1.60. The monoisotopic (exact) mass is 256 g/mol. The summed E-state index contributed by atoms with van der Waals surface area (Å²) in [4.78, 5) is 13.8. The summed E-state index contributed by atoms with van der Waals surface area (Å²) in [5.74, 6) is 0.242. The smallest absolute Gasteiger partial charge is 0.224 e. The van der Waals surface area contributed by atoms with Crippen molar-refractivity contribution in [1.82, 2.24) is 10.2 Å². The number of carbonyl (C=O) groups excluding carboxylic acids is 1. The number of hydrogen-bond donors (Lipinski definition) is 1. The summed E-state index contributed by atoms with van der Waals surface area (Å²) in [5, 5.41) is 3.46. The van der Waals surface area contributed by atoms with Crippen LogP contribution >= 0.6 is 0 Å². The number of hydrogen-bond acceptors (Lipinski definition) is 4. The van der Waals surface area contributed by atoms with E-state index in [1.54, 1.807) is 0 Å². The van der Waals surface area contributed by atoms with Gasteiger partial charge in [0.1, 0.15) is 0 Å². The van der Waals surface area contributed by atoms with Gasteiger partial charge in [-0.15, -0.1) is 0 Å². The fourth-order valence-electron chi connectivity index (χ4n) is 2.54. The molecular formula is C13H24N2O3. The summed E-state index contributed by atoms with van der Waals surface area (Å²) < 4.78 is 10.7. The minimum atomic E-state index is 0.242. The van der Waals surface area contributed by atoms with E-state index in [1.165, 1.54) is 0 Å². The predicted octanol–water partition coefficient (Wildman–Crippen LogP) is 0.392. The summed E-state index contributed by atoms with van der Waals surface area (Å²) in [6.45, 7) is 6.55. The molecule has 5 heteroatoms. The van der Waals surface area contributed by atoms with Crippen LogP contribution in [0.25, 0.3) is 0 Å². The lowest BCUT2D eigenvalue weighted by atomic mass is 10.0. The zero-order valence-corrected chi connectivity index (χ0v) is 11.2. The Kier molecular flexibility index (Phi) is 5.41. The summed E-state index contributed by atoms with van der Waals surface area (Å²) in [6, 6.07) is 0.506. The van der Waals surface area contributed by atoms with Crippen molar-refractivity contribution in [3.63, 3.8) is 0 Å². The van der Waals surface area contributed by atoms with Gasteiger partial charge in [0.05, 0.1) is 19.3 Å². The second-order valence-corrected chi connectivity index (χ2v) is 5.10. The third-order valence-corrected chi connectivity index (χ3v) is 3.62. The molecule has 0 aromatic rings. The molecule has 2 aliphatic rings. The van der Waals surface area contributed by atoms with E-state index in [2.05, 4.69) is 12.2 Å². The minimum Gasteiger partial charge on any atom is -0.378 e. The van der Waals surface area contributed by atoms with E-state index < -0.39 is 0 Å². The third-order valence-electron chi connectivity index (χ3n) is 3.62. The predicted molar refractivity (Wildman–Crippen MR) is 68.5 cm³/mol. The fourth-order valence-corrected chi connectivity index (χ4v) is 2.54. The topological polar surface area (TPSA) is 50.8 Å². The molecule has 0 spiro atoms. The van der Waals surface area contributed by atoms with Crippen molar-refractivity contribution in [3.8, 4) is 0 Å². The fraction of sp³-hybridized carbons (Fsp3) is 0.923. The van der Waals surface area contributed by atoms with E-state index in [0.717, 1.165) is 39.1 Å². The third kappa shape index (κ3) is 4.23. The number of ether oxygens (including phenoxy) is 2. The Labute approximate surface area is 109 Å². The minimum absolute atomic E-state index is 0.242. The molecule has 5 nitrogen and oxygen atoms in total. The quantitative estimate of drug-likeness (QED) is 0.790. The first-order valence-electron chi connectivity index (χ1n) is 6.96. The molecule has 104 valence electrons. The van der Waals surface area contributed by atoms with Gasteiger partial charge in [-0.25, -0.2) is 0 Å². The van der Waals surface area contributed by atoms with Crippen LogP contribution in [0.5, 0.6) is 0 Å². The maximum absolute atomic E-state index is 11.9. The van der Waals surface area contributed by atoms with Crippen LogP contribution in [0.15, 0.2) is 0 Å². The first-order chi connectivity index (χ1) is 8.75. The average molecular weight is 256 g/mol. The lowest BCUT2D eigenvalue weighted by Gasteiger charge is -2.29. The second kappa shape index (κ2) is 7.07. The molecule has 2 saturated heterocycles. The molecule has 1 amide bonds. The highest BCUT2D eigenvalue weighted by atomic mass is 16.5. The van der Waals surface area contributed by atoms with Crippen molar-refractivity contribution in [2.75, 3.05) is 39.5 Å². The van der Waals surface area contributed by atoms with Gasteiger partial charge < -0.3 is 19.7 Å². The van der Waals surface area contributed by atoms with E-state index >= 15 is 0 Å². The lowest BCUT2D eigenvalue weighted by Crippen LogP contribution is -2.43. The number of carbonyl (C=O) groups is 1. The van der Waals surface area contributed by atoms with Crippen LogP contribution in [-0.4, -0.2) is 62.4 Å². The molecule has 2 rings (SSSR count). The molecule has 0 aromatic heterocycles. The van der Waals surface area contributed by atoms with Gasteiger partial charge in [-0.2, -0.15) is 0 Å². The Morgan fingerprint density at radius 1 is 1.33 bits per heavy atom. The highest BCUT2D eigenvalue weighted by Gasteiger charge is 2.20. The van der Waals surface area contributed by atoms with Gasteiger partial charge in [0.25, 0.3) is 0 Å². The molecule has 0 saturated carbocycles. The molecule has 2 fully saturated rings. The molecule has 2 atom stereocenters. The molecule has 1 N–H and O–H groups in total. The van der Waals surface area contributed by atoms with Gasteiger partial charge in [0.15, 0.2) is 0 Å². The second-order valence-electron chi connectivity index (χ2n) is 5.10. The van der Waals surface area contributed by atoms with Crippen LogP contribution in [-0.2, 0) is 14.3 Å². The highest BCUT2D eigenvalue weighted by Crippen LogP contribution is 2.13. The van der Waals surface area contributed by atoms with Gasteiger partial charge in [-0.1, -0.05) is 0 Å². The molecule has 2 aliphatic heterocycles. The Bertz CT molecular complexity index is 267. The van der Waals surface area contributed by atoms with Crippen molar-refractivity contribution in [2.24, 2.45) is 0 Å². The zero-order valence-electron chi connectivity index (χ0n) is 11.2. The maximum atomic E-state index is 11.9. The van der Waals surface area contributed by atoms with E-state index in [0.29, 0.717) is 31.8 Å². The average Bonchev–Trinajstić information content (AvgIpc) is 2.40. The Morgan fingerprint density at radius 2 is 2.11 bits per heavy atom. The molecule has 0 bridgehead atoms. The largest absolute Gasteiger partial charge is 0.378 e. The molecule has 2 unspecified atom stereocenters. The van der Waals surface area contributed by atoms with Crippen LogP contribution in [0.2, 0.25) is 0 Å². The van der Waals surface area contributed by atoms with E-state index in [1.807, 2.05) is 4.90 Å². The molecule has 0 radical (unpaired) electrons. The van der Waals surface area contributed by atoms with Gasteiger partial charge >= 0.3 is 0 Å². The number of nitrogens with one attached hydrogen (secondary N) is 1. The molecule has 0 aliphatic carbocycles. The van der Waals surface area contributed by atoms with E-state index in [-0.39, 0.29) is 5.91 Å².